The highest BCUT2D eigenvalue weighted by Gasteiger charge is 2.21. The van der Waals surface area contributed by atoms with Crippen LogP contribution in [0.1, 0.15) is 51.1 Å². The van der Waals surface area contributed by atoms with E-state index in [9.17, 15) is 0 Å². The highest BCUT2D eigenvalue weighted by molar-refractivity contribution is 5.63. The summed E-state index contributed by atoms with van der Waals surface area (Å²) in [6, 6.07) is 14.8. The topological polar surface area (TPSA) is 104 Å². The van der Waals surface area contributed by atoms with Gasteiger partial charge < -0.3 is 0 Å². The summed E-state index contributed by atoms with van der Waals surface area (Å²) in [5.74, 6) is 2.93. The lowest BCUT2D eigenvalue weighted by molar-refractivity contribution is -2.00. The fraction of sp³-hybridized carbons (Fsp3) is 0.353. The maximum absolute atomic E-state index is 8.49. The zero-order valence-corrected chi connectivity index (χ0v) is 14.4. The van der Waals surface area contributed by atoms with Crippen LogP contribution in [0.2, 0.25) is 0 Å². The molecule has 0 N–H and O–H groups in total. The van der Waals surface area contributed by atoms with E-state index in [0.717, 1.165) is 11.5 Å². The molecule has 5 nitrogen and oxygen atoms in total. The fourth-order valence-electron chi connectivity index (χ4n) is 1.91. The van der Waals surface area contributed by atoms with Crippen molar-refractivity contribution in [1.29, 1.82) is 0 Å². The number of rotatable bonds is 3. The van der Waals surface area contributed by atoms with Gasteiger partial charge in [-0.15, -0.1) is 10.2 Å². The summed E-state index contributed by atoms with van der Waals surface area (Å²) < 4.78 is 39.9. The average molecular weight is 341 g/mol. The number of hydrogen-bond donors (Lipinski definition) is 0. The zero-order chi connectivity index (χ0) is 17.6. The molecule has 1 heterocycles. The molecule has 23 heavy (non-hydrogen) atoms. The normalized spacial score (nSPS) is 11.4. The highest BCUT2D eigenvalue weighted by atomic mass is 35.7. The fourth-order valence-corrected chi connectivity index (χ4v) is 1.91. The van der Waals surface area contributed by atoms with Crippen LogP contribution in [0.4, 0.5) is 0 Å². The smallest absolute Gasteiger partial charge is 0.222 e. The molecule has 0 radical (unpaired) electrons. The minimum absolute atomic E-state index is 0.408. The molecule has 2 aromatic rings. The minimum atomic E-state index is -4.94. The van der Waals surface area contributed by atoms with Crippen molar-refractivity contribution in [3.63, 3.8) is 0 Å². The van der Waals surface area contributed by atoms with E-state index >= 15 is 0 Å². The predicted molar refractivity (Wildman–Crippen MR) is 76.7 cm³/mol. The van der Waals surface area contributed by atoms with E-state index in [1.807, 2.05) is 6.07 Å². The van der Waals surface area contributed by atoms with E-state index in [-0.39, 0.29) is 0 Å². The van der Waals surface area contributed by atoms with Gasteiger partial charge in [-0.05, 0) is 11.1 Å². The van der Waals surface area contributed by atoms with Crippen molar-refractivity contribution in [2.45, 2.75) is 39.5 Å². The second-order valence-corrected chi connectivity index (χ2v) is 6.46. The second-order valence-electron chi connectivity index (χ2n) is 5.70. The maximum Gasteiger partial charge on any atom is 0.332 e. The lowest BCUT2D eigenvalue weighted by Gasteiger charge is -2.17. The molecule has 0 amide bonds. The summed E-state index contributed by atoms with van der Waals surface area (Å²) >= 11 is 0. The van der Waals surface area contributed by atoms with Crippen molar-refractivity contribution in [2.24, 2.45) is 0 Å². The Morgan fingerprint density at radius 2 is 1.13 bits per heavy atom. The number of hydrogen-bond acceptors (Lipinski definition) is 4. The van der Waals surface area contributed by atoms with Crippen molar-refractivity contribution in [3.05, 3.63) is 54.0 Å². The summed E-state index contributed by atoms with van der Waals surface area (Å²) in [5, 5.41) is 0. The number of benzene rings is 1. The van der Waals surface area contributed by atoms with Gasteiger partial charge in [0.1, 0.15) is 0 Å². The molecule has 1 aromatic heterocycles. The maximum atomic E-state index is 8.49. The van der Waals surface area contributed by atoms with E-state index in [0.29, 0.717) is 11.8 Å². The summed E-state index contributed by atoms with van der Waals surface area (Å²) in [6.07, 6.45) is 0. The van der Waals surface area contributed by atoms with Crippen molar-refractivity contribution >= 4 is 0 Å². The van der Waals surface area contributed by atoms with Crippen molar-refractivity contribution in [3.8, 4) is 11.1 Å². The van der Waals surface area contributed by atoms with Gasteiger partial charge in [0.2, 0.25) is 0 Å². The van der Waals surface area contributed by atoms with Gasteiger partial charge in [-0.1, -0.05) is 58.0 Å². The van der Waals surface area contributed by atoms with E-state index < -0.39 is 10.2 Å². The zero-order valence-electron chi connectivity index (χ0n) is 13.6. The van der Waals surface area contributed by atoms with Gasteiger partial charge in [-0.2, -0.15) is 0 Å². The monoisotopic (exact) mass is 340 g/mol. The molecular weight excluding hydrogens is 320 g/mol. The van der Waals surface area contributed by atoms with Crippen LogP contribution in [0.15, 0.2) is 46.9 Å². The first-order chi connectivity index (χ1) is 10.6. The first kappa shape index (κ1) is 19.5. The van der Waals surface area contributed by atoms with Crippen LogP contribution in [-0.2, 0) is 0 Å². The van der Waals surface area contributed by atoms with Crippen LogP contribution >= 0.6 is 0 Å². The molecule has 0 aliphatic heterocycles. The first-order valence-electron chi connectivity index (χ1n) is 7.23. The van der Waals surface area contributed by atoms with E-state index in [1.54, 1.807) is 0 Å². The highest BCUT2D eigenvalue weighted by Crippen LogP contribution is 2.28. The molecule has 0 fully saturated rings. The summed E-state index contributed by atoms with van der Waals surface area (Å²) in [5.41, 5.74) is 2.49. The first-order valence-corrected chi connectivity index (χ1v) is 8.46. The quantitative estimate of drug-likeness (QED) is 0.766. The van der Waals surface area contributed by atoms with Crippen LogP contribution in [0.25, 0.3) is 11.1 Å². The Balaban J connectivity index is 0.000000463. The molecule has 0 saturated carbocycles. The Hall–Kier alpha value is -1.50. The molecular formula is C17H21ClO5. The molecule has 0 aliphatic rings. The standard InChI is InChI=1S/C17H21O.ClHO4/c1-12(2)16-10-15(11-17(18-16)13(3)4)14-8-6-5-7-9-14;2-1(3,4)5/h5-13H,1-4H3;(H,2,3,4,5)/q+1;/p-1. The Morgan fingerprint density at radius 3 is 1.48 bits per heavy atom. The van der Waals surface area contributed by atoms with Crippen LogP contribution in [-0.4, -0.2) is 0 Å². The van der Waals surface area contributed by atoms with Crippen LogP contribution in [0.5, 0.6) is 0 Å². The van der Waals surface area contributed by atoms with Crippen molar-refractivity contribution < 1.29 is 33.3 Å². The Morgan fingerprint density at radius 1 is 0.739 bits per heavy atom. The van der Waals surface area contributed by atoms with Gasteiger partial charge in [0, 0.05) is 12.1 Å². The predicted octanol–water partition coefficient (Wildman–Crippen LogP) is 0.718. The lowest BCUT2D eigenvalue weighted by Crippen LogP contribution is -2.68. The minimum Gasteiger partial charge on any atom is -0.222 e. The molecule has 6 heteroatoms. The van der Waals surface area contributed by atoms with Crippen LogP contribution in [0.3, 0.4) is 0 Å². The Bertz CT molecular complexity index is 574. The average Bonchev–Trinajstić information content (AvgIpc) is 2.46. The Labute approximate surface area is 138 Å². The molecule has 0 unspecified atom stereocenters. The summed E-state index contributed by atoms with van der Waals surface area (Å²) in [6.45, 7) is 8.66. The lowest BCUT2D eigenvalue weighted by atomic mass is 10.0. The van der Waals surface area contributed by atoms with Crippen LogP contribution < -0.4 is 18.6 Å². The van der Waals surface area contributed by atoms with E-state index in [1.165, 1.54) is 11.1 Å². The van der Waals surface area contributed by atoms with E-state index in [2.05, 4.69) is 64.1 Å². The van der Waals surface area contributed by atoms with Crippen molar-refractivity contribution in [1.82, 2.24) is 0 Å². The molecule has 0 atom stereocenters. The molecule has 0 saturated heterocycles. The molecule has 0 spiro atoms. The second kappa shape index (κ2) is 8.38. The summed E-state index contributed by atoms with van der Waals surface area (Å²) in [7, 11) is -4.94. The molecule has 0 aliphatic carbocycles. The van der Waals surface area contributed by atoms with Gasteiger partial charge in [0.25, 0.3) is 0 Å². The van der Waals surface area contributed by atoms with Gasteiger partial charge in [-0.3, -0.25) is 0 Å². The Kier molecular flexibility index (Phi) is 7.12. The third-order valence-corrected chi connectivity index (χ3v) is 3.08. The van der Waals surface area contributed by atoms with Crippen molar-refractivity contribution in [2.75, 3.05) is 0 Å². The molecule has 126 valence electrons. The van der Waals surface area contributed by atoms with Crippen LogP contribution in [0, 0.1) is 10.2 Å². The van der Waals surface area contributed by atoms with Gasteiger partial charge in [0.05, 0.1) is 11.8 Å². The third kappa shape index (κ3) is 7.54. The number of halogens is 1. The van der Waals surface area contributed by atoms with E-state index in [4.69, 9.17) is 23.1 Å². The largest absolute Gasteiger partial charge is 0.332 e. The summed E-state index contributed by atoms with van der Waals surface area (Å²) in [4.78, 5) is 0. The third-order valence-electron chi connectivity index (χ3n) is 3.08. The SMILES string of the molecule is CC(C)c1cc(-c2ccccc2)cc(C(C)C)[o+]1.[O-][Cl+3]([O-])([O-])[O-]. The van der Waals surface area contributed by atoms with Gasteiger partial charge >= 0.3 is 11.5 Å². The van der Waals surface area contributed by atoms with Gasteiger partial charge in [0.15, 0.2) is 0 Å². The molecule has 1 aromatic carbocycles. The van der Waals surface area contributed by atoms with Gasteiger partial charge in [-0.25, -0.2) is 23.1 Å². The molecule has 0 bridgehead atoms. The molecule has 2 rings (SSSR count).